The minimum Gasteiger partial charge on any atom is -0.488 e. The van der Waals surface area contributed by atoms with E-state index in [1.807, 2.05) is 30.3 Å². The molecule has 0 atom stereocenters. The zero-order valence-electron chi connectivity index (χ0n) is 20.6. The number of aromatic nitrogens is 5. The summed E-state index contributed by atoms with van der Waals surface area (Å²) < 4.78 is 26.4. The monoisotopic (exact) mass is 514 g/mol. The second kappa shape index (κ2) is 10.6. The zero-order chi connectivity index (χ0) is 26.6. The first-order valence-electron chi connectivity index (χ1n) is 11.6. The Kier molecular flexibility index (Phi) is 6.92. The molecule has 0 radical (unpaired) electrons. The SMILES string of the molecule is COCCOc1ccc(-c2ccc3ncnc(Nc4ccc(-n5nc(C(=O)O)nc5C)cc4)c3c2)cc1F. The number of aryl methyl sites for hydroxylation is 1. The number of aromatic carboxylic acids is 1. The highest BCUT2D eigenvalue weighted by Gasteiger charge is 2.14. The van der Waals surface area contributed by atoms with Gasteiger partial charge in [0.1, 0.15) is 24.6 Å². The van der Waals surface area contributed by atoms with Crippen LogP contribution in [0, 0.1) is 12.7 Å². The molecule has 10 nitrogen and oxygen atoms in total. The number of hydrogen-bond acceptors (Lipinski definition) is 8. The average Bonchev–Trinajstić information content (AvgIpc) is 3.32. The fourth-order valence-electron chi connectivity index (χ4n) is 3.92. The molecule has 0 saturated carbocycles. The summed E-state index contributed by atoms with van der Waals surface area (Å²) in [6.07, 6.45) is 1.47. The summed E-state index contributed by atoms with van der Waals surface area (Å²) in [4.78, 5) is 23.9. The van der Waals surface area contributed by atoms with Gasteiger partial charge in [0.25, 0.3) is 5.82 Å². The van der Waals surface area contributed by atoms with Gasteiger partial charge in [0, 0.05) is 18.2 Å². The number of methoxy groups -OCH3 is 1. The van der Waals surface area contributed by atoms with Gasteiger partial charge < -0.3 is 19.9 Å². The maximum absolute atomic E-state index is 14.6. The number of rotatable bonds is 9. The molecule has 0 amide bonds. The third-order valence-corrected chi connectivity index (χ3v) is 5.78. The number of ether oxygens (including phenoxy) is 2. The maximum atomic E-state index is 14.6. The van der Waals surface area contributed by atoms with E-state index in [-0.39, 0.29) is 18.2 Å². The topological polar surface area (TPSA) is 124 Å². The molecule has 0 aliphatic heterocycles. The lowest BCUT2D eigenvalue weighted by Crippen LogP contribution is -2.05. The first-order chi connectivity index (χ1) is 18.4. The smallest absolute Gasteiger partial charge is 0.375 e. The van der Waals surface area contributed by atoms with Gasteiger partial charge in [0.2, 0.25) is 0 Å². The molecule has 11 heteroatoms. The Labute approximate surface area is 216 Å². The van der Waals surface area contributed by atoms with Crippen LogP contribution in [0.4, 0.5) is 15.9 Å². The van der Waals surface area contributed by atoms with Crippen LogP contribution in [0.25, 0.3) is 27.7 Å². The van der Waals surface area contributed by atoms with Crippen molar-refractivity contribution in [1.82, 2.24) is 24.7 Å². The number of nitrogens with one attached hydrogen (secondary N) is 1. The van der Waals surface area contributed by atoms with Crippen molar-refractivity contribution in [3.63, 3.8) is 0 Å². The molecule has 3 aromatic carbocycles. The Bertz CT molecular complexity index is 1620. The van der Waals surface area contributed by atoms with Gasteiger partial charge in [-0.3, -0.25) is 0 Å². The van der Waals surface area contributed by atoms with E-state index in [9.17, 15) is 9.18 Å². The summed E-state index contributed by atoms with van der Waals surface area (Å²) in [6.45, 7) is 2.32. The Morgan fingerprint density at radius 1 is 1.03 bits per heavy atom. The normalized spacial score (nSPS) is 11.0. The molecule has 192 valence electrons. The van der Waals surface area contributed by atoms with Crippen LogP contribution in [0.3, 0.4) is 0 Å². The number of nitrogens with zero attached hydrogens (tertiary/aromatic N) is 5. The maximum Gasteiger partial charge on any atom is 0.375 e. The molecule has 38 heavy (non-hydrogen) atoms. The zero-order valence-corrected chi connectivity index (χ0v) is 20.6. The Morgan fingerprint density at radius 3 is 2.50 bits per heavy atom. The predicted octanol–water partition coefficient (Wildman–Crippen LogP) is 4.79. The van der Waals surface area contributed by atoms with Crippen LogP contribution in [-0.4, -0.2) is 56.1 Å². The highest BCUT2D eigenvalue weighted by molar-refractivity contribution is 5.94. The van der Waals surface area contributed by atoms with Crippen LogP contribution in [0.15, 0.2) is 67.0 Å². The van der Waals surface area contributed by atoms with E-state index in [0.29, 0.717) is 29.5 Å². The molecule has 2 N–H and O–H groups in total. The van der Waals surface area contributed by atoms with Gasteiger partial charge in [0.15, 0.2) is 11.6 Å². The van der Waals surface area contributed by atoms with Crippen molar-refractivity contribution >= 4 is 28.4 Å². The lowest BCUT2D eigenvalue weighted by atomic mass is 10.0. The largest absolute Gasteiger partial charge is 0.488 e. The van der Waals surface area contributed by atoms with E-state index < -0.39 is 11.8 Å². The molecule has 0 saturated heterocycles. The first kappa shape index (κ1) is 24.8. The minimum atomic E-state index is -1.19. The van der Waals surface area contributed by atoms with E-state index in [4.69, 9.17) is 14.6 Å². The Morgan fingerprint density at radius 2 is 1.79 bits per heavy atom. The van der Waals surface area contributed by atoms with Gasteiger partial charge in [-0.25, -0.2) is 28.8 Å². The quantitative estimate of drug-likeness (QED) is 0.267. The third-order valence-electron chi connectivity index (χ3n) is 5.78. The number of fused-ring (bicyclic) bond motifs is 1. The van der Waals surface area contributed by atoms with Gasteiger partial charge in [-0.15, -0.1) is 5.10 Å². The van der Waals surface area contributed by atoms with Gasteiger partial charge >= 0.3 is 5.97 Å². The lowest BCUT2D eigenvalue weighted by molar-refractivity contribution is 0.0683. The van der Waals surface area contributed by atoms with E-state index in [0.717, 1.165) is 22.2 Å². The van der Waals surface area contributed by atoms with E-state index in [1.54, 1.807) is 38.3 Å². The van der Waals surface area contributed by atoms with Crippen LogP contribution in [0.2, 0.25) is 0 Å². The summed E-state index contributed by atoms with van der Waals surface area (Å²) in [5.74, 6) is -0.700. The summed E-state index contributed by atoms with van der Waals surface area (Å²) in [5, 5.41) is 17.2. The molecular weight excluding hydrogens is 491 g/mol. The first-order valence-corrected chi connectivity index (χ1v) is 11.6. The summed E-state index contributed by atoms with van der Waals surface area (Å²) in [7, 11) is 1.56. The molecule has 2 heterocycles. The van der Waals surface area contributed by atoms with Gasteiger partial charge in [0.05, 0.1) is 17.8 Å². The molecule has 5 aromatic rings. The number of anilines is 2. The van der Waals surface area contributed by atoms with Crippen LogP contribution in [-0.2, 0) is 4.74 Å². The standard InChI is InChI=1S/C27H23FN6O4/c1-16-31-26(27(35)36)33-34(16)20-7-5-19(6-8-20)32-25-21-13-17(3-9-23(21)29-15-30-25)18-4-10-24(22(28)14-18)38-12-11-37-2/h3-10,13-15H,11-12H2,1-2H3,(H,35,36)(H,29,30,32). The predicted molar refractivity (Wildman–Crippen MR) is 139 cm³/mol. The van der Waals surface area contributed by atoms with Gasteiger partial charge in [-0.2, -0.15) is 0 Å². The van der Waals surface area contributed by atoms with Crippen LogP contribution < -0.4 is 10.1 Å². The molecule has 0 aliphatic carbocycles. The fourth-order valence-corrected chi connectivity index (χ4v) is 3.92. The molecule has 5 rings (SSSR count). The van der Waals surface area contributed by atoms with E-state index >= 15 is 0 Å². The van der Waals surface area contributed by atoms with Crippen LogP contribution in [0.1, 0.15) is 16.4 Å². The number of benzene rings is 3. The molecular formula is C27H23FN6O4. The Hall–Kier alpha value is -4.90. The average molecular weight is 515 g/mol. The van der Waals surface area contributed by atoms with Crippen molar-refractivity contribution in [2.75, 3.05) is 25.6 Å². The molecule has 0 spiro atoms. The van der Waals surface area contributed by atoms with E-state index in [1.165, 1.54) is 17.1 Å². The second-order valence-corrected chi connectivity index (χ2v) is 8.31. The van der Waals surface area contributed by atoms with Crippen LogP contribution >= 0.6 is 0 Å². The molecule has 0 bridgehead atoms. The van der Waals surface area contributed by atoms with Crippen molar-refractivity contribution in [3.8, 4) is 22.6 Å². The van der Waals surface area contributed by atoms with Crippen molar-refractivity contribution < 1.29 is 23.8 Å². The fraction of sp³-hybridized carbons (Fsp3) is 0.148. The number of halogens is 1. The van der Waals surface area contributed by atoms with Crippen molar-refractivity contribution in [1.29, 1.82) is 0 Å². The number of carboxylic acid groups (broad SMARTS) is 1. The number of hydrogen-bond donors (Lipinski definition) is 2. The Balaban J connectivity index is 1.40. The second-order valence-electron chi connectivity index (χ2n) is 8.31. The summed E-state index contributed by atoms with van der Waals surface area (Å²) in [5.41, 5.74) is 3.62. The number of carbonyl (C=O) groups is 1. The van der Waals surface area contributed by atoms with E-state index in [2.05, 4.69) is 25.4 Å². The molecule has 2 aromatic heterocycles. The third kappa shape index (κ3) is 5.13. The van der Waals surface area contributed by atoms with Gasteiger partial charge in [-0.05, 0) is 66.6 Å². The highest BCUT2D eigenvalue weighted by atomic mass is 19.1. The molecule has 0 unspecified atom stereocenters. The lowest BCUT2D eigenvalue weighted by Gasteiger charge is -2.12. The highest BCUT2D eigenvalue weighted by Crippen LogP contribution is 2.31. The van der Waals surface area contributed by atoms with Crippen molar-refractivity contribution in [2.45, 2.75) is 6.92 Å². The molecule has 0 fully saturated rings. The summed E-state index contributed by atoms with van der Waals surface area (Å²) in [6, 6.07) is 17.7. The summed E-state index contributed by atoms with van der Waals surface area (Å²) >= 11 is 0. The van der Waals surface area contributed by atoms with Crippen LogP contribution in [0.5, 0.6) is 5.75 Å². The minimum absolute atomic E-state index is 0.168. The number of carboxylic acids is 1. The van der Waals surface area contributed by atoms with Crippen molar-refractivity contribution in [3.05, 3.63) is 84.5 Å². The molecule has 0 aliphatic rings. The van der Waals surface area contributed by atoms with Crippen molar-refractivity contribution in [2.24, 2.45) is 0 Å². The van der Waals surface area contributed by atoms with Gasteiger partial charge in [-0.1, -0.05) is 12.1 Å².